The Morgan fingerprint density at radius 1 is 1.16 bits per heavy atom. The van der Waals surface area contributed by atoms with Gasteiger partial charge in [-0.3, -0.25) is 0 Å². The van der Waals surface area contributed by atoms with Crippen molar-refractivity contribution in [2.24, 2.45) is 0 Å². The number of sulfonamides is 1. The highest BCUT2D eigenvalue weighted by atomic mass is 32.2. The van der Waals surface area contributed by atoms with Crippen LogP contribution in [0.15, 0.2) is 24.3 Å². The number of hydrogen-bond donors (Lipinski definition) is 1. The van der Waals surface area contributed by atoms with Gasteiger partial charge in [-0.15, -0.1) is 0 Å². The van der Waals surface area contributed by atoms with Gasteiger partial charge in [-0.25, -0.2) is 17.5 Å². The molecule has 0 fully saturated rings. The van der Waals surface area contributed by atoms with Crippen molar-refractivity contribution in [1.82, 2.24) is 4.72 Å². The van der Waals surface area contributed by atoms with Crippen molar-refractivity contribution in [2.45, 2.75) is 51.3 Å². The Labute approximate surface area is 115 Å². The van der Waals surface area contributed by atoms with Gasteiger partial charge in [-0.05, 0) is 40.2 Å². The molecule has 0 aliphatic heterocycles. The first-order chi connectivity index (χ1) is 8.53. The quantitative estimate of drug-likeness (QED) is 0.924. The van der Waals surface area contributed by atoms with E-state index in [0.29, 0.717) is 12.0 Å². The Balaban J connectivity index is 3.25. The molecule has 19 heavy (non-hydrogen) atoms. The zero-order chi connectivity index (χ0) is 14.9. The summed E-state index contributed by atoms with van der Waals surface area (Å²) in [6.45, 7) is 8.39. The highest BCUT2D eigenvalue weighted by Crippen LogP contribution is 2.29. The van der Waals surface area contributed by atoms with Crippen LogP contribution in [0.3, 0.4) is 0 Å². The lowest BCUT2D eigenvalue weighted by Gasteiger charge is -2.33. The second-order valence-electron chi connectivity index (χ2n) is 5.88. The first kappa shape index (κ1) is 16.1. The van der Waals surface area contributed by atoms with Gasteiger partial charge in [-0.2, -0.15) is 0 Å². The number of benzene rings is 1. The van der Waals surface area contributed by atoms with Gasteiger partial charge in [0.05, 0.1) is 10.3 Å². The minimum absolute atomic E-state index is 0.366. The molecule has 1 atom stereocenters. The molecule has 1 aromatic carbocycles. The van der Waals surface area contributed by atoms with Crippen LogP contribution >= 0.6 is 0 Å². The van der Waals surface area contributed by atoms with Crippen LogP contribution in [0.25, 0.3) is 0 Å². The highest BCUT2D eigenvalue weighted by molar-refractivity contribution is 7.90. The summed E-state index contributed by atoms with van der Waals surface area (Å²) in [6.07, 6.45) is 0.462. The average molecular weight is 287 g/mol. The zero-order valence-corrected chi connectivity index (χ0v) is 12.9. The summed E-state index contributed by atoms with van der Waals surface area (Å²) in [5, 5.41) is 0. The van der Waals surface area contributed by atoms with Crippen molar-refractivity contribution in [3.05, 3.63) is 35.6 Å². The van der Waals surface area contributed by atoms with E-state index in [4.69, 9.17) is 0 Å². The lowest BCUT2D eigenvalue weighted by atomic mass is 9.90. The Hall–Kier alpha value is -0.940. The van der Waals surface area contributed by atoms with Gasteiger partial charge in [0, 0.05) is 5.56 Å². The predicted molar refractivity (Wildman–Crippen MR) is 75.9 cm³/mol. The Morgan fingerprint density at radius 3 is 2.11 bits per heavy atom. The minimum Gasteiger partial charge on any atom is -0.212 e. The van der Waals surface area contributed by atoms with Crippen LogP contribution in [0, 0.1) is 5.82 Å². The normalized spacial score (nSPS) is 16.1. The van der Waals surface area contributed by atoms with E-state index in [1.54, 1.807) is 45.9 Å². The molecule has 1 N–H and O–H groups in total. The maximum Gasteiger partial charge on any atom is 0.217 e. The molecule has 0 aromatic heterocycles. The van der Waals surface area contributed by atoms with Crippen LogP contribution in [-0.4, -0.2) is 13.2 Å². The van der Waals surface area contributed by atoms with Crippen molar-refractivity contribution >= 4 is 10.0 Å². The van der Waals surface area contributed by atoms with Gasteiger partial charge < -0.3 is 0 Å². The van der Waals surface area contributed by atoms with E-state index in [1.165, 1.54) is 6.07 Å². The smallest absolute Gasteiger partial charge is 0.212 e. The molecule has 108 valence electrons. The minimum atomic E-state index is -3.55. The van der Waals surface area contributed by atoms with E-state index in [-0.39, 0.29) is 0 Å². The molecule has 0 aliphatic carbocycles. The van der Waals surface area contributed by atoms with Crippen LogP contribution < -0.4 is 4.72 Å². The molecule has 3 nitrogen and oxygen atoms in total. The standard InChI is InChI=1S/C14H22FNO2S/c1-6-14(5,11-9-7-8-10-12(11)15)16-19(17,18)13(2,3)4/h7-10,16H,6H2,1-5H3/t14-/m1/s1. The zero-order valence-electron chi connectivity index (χ0n) is 12.1. The van der Waals surface area contributed by atoms with Crippen LogP contribution in [0.1, 0.15) is 46.6 Å². The third-order valence-electron chi connectivity index (χ3n) is 3.34. The SMILES string of the molecule is CC[C@@](C)(NS(=O)(=O)C(C)(C)C)c1ccccc1F. The van der Waals surface area contributed by atoms with Crippen molar-refractivity contribution in [3.63, 3.8) is 0 Å². The third kappa shape index (κ3) is 3.34. The summed E-state index contributed by atoms with van der Waals surface area (Å²) < 4.78 is 40.2. The summed E-state index contributed by atoms with van der Waals surface area (Å²) in [6, 6.07) is 6.25. The van der Waals surface area contributed by atoms with E-state index >= 15 is 0 Å². The largest absolute Gasteiger partial charge is 0.217 e. The van der Waals surface area contributed by atoms with Crippen LogP contribution in [0.5, 0.6) is 0 Å². The number of hydrogen-bond acceptors (Lipinski definition) is 2. The summed E-state index contributed by atoms with van der Waals surface area (Å²) in [7, 11) is -3.55. The average Bonchev–Trinajstić information content (AvgIpc) is 2.27. The molecule has 0 amide bonds. The van der Waals surface area contributed by atoms with Gasteiger partial charge in [0.2, 0.25) is 10.0 Å². The molecule has 0 saturated carbocycles. The van der Waals surface area contributed by atoms with E-state index < -0.39 is 26.1 Å². The molecule has 0 bridgehead atoms. The number of halogens is 1. The molecule has 0 unspecified atom stereocenters. The second kappa shape index (κ2) is 5.21. The number of rotatable bonds is 4. The summed E-state index contributed by atoms with van der Waals surface area (Å²) in [5.41, 5.74) is -0.581. The molecule has 1 aromatic rings. The van der Waals surface area contributed by atoms with E-state index in [9.17, 15) is 12.8 Å². The van der Waals surface area contributed by atoms with Gasteiger partial charge in [0.15, 0.2) is 0 Å². The summed E-state index contributed by atoms with van der Waals surface area (Å²) >= 11 is 0. The van der Waals surface area contributed by atoms with Crippen molar-refractivity contribution in [2.75, 3.05) is 0 Å². The molecule has 0 heterocycles. The van der Waals surface area contributed by atoms with Gasteiger partial charge >= 0.3 is 0 Å². The molecule has 0 radical (unpaired) electrons. The van der Waals surface area contributed by atoms with Gasteiger partial charge in [-0.1, -0.05) is 25.1 Å². The first-order valence-electron chi connectivity index (χ1n) is 6.32. The molecule has 0 spiro atoms. The molecule has 0 aliphatic rings. The van der Waals surface area contributed by atoms with E-state index in [2.05, 4.69) is 4.72 Å². The first-order valence-corrected chi connectivity index (χ1v) is 7.80. The Morgan fingerprint density at radius 2 is 1.68 bits per heavy atom. The summed E-state index contributed by atoms with van der Waals surface area (Å²) in [4.78, 5) is 0. The van der Waals surface area contributed by atoms with Crippen molar-refractivity contribution in [3.8, 4) is 0 Å². The Kier molecular flexibility index (Phi) is 4.42. The fraction of sp³-hybridized carbons (Fsp3) is 0.571. The molecular weight excluding hydrogens is 265 g/mol. The topological polar surface area (TPSA) is 46.2 Å². The Bertz CT molecular complexity index is 549. The monoisotopic (exact) mass is 287 g/mol. The predicted octanol–water partition coefficient (Wildman–Crippen LogP) is 3.17. The van der Waals surface area contributed by atoms with E-state index in [0.717, 1.165) is 0 Å². The number of nitrogens with one attached hydrogen (secondary N) is 1. The van der Waals surface area contributed by atoms with Crippen molar-refractivity contribution < 1.29 is 12.8 Å². The van der Waals surface area contributed by atoms with E-state index in [1.807, 2.05) is 6.92 Å². The summed E-state index contributed by atoms with van der Waals surface area (Å²) in [5.74, 6) is -0.400. The maximum absolute atomic E-state index is 13.9. The maximum atomic E-state index is 13.9. The van der Waals surface area contributed by atoms with Crippen molar-refractivity contribution in [1.29, 1.82) is 0 Å². The lowest BCUT2D eigenvalue weighted by Crippen LogP contribution is -2.50. The molecule has 1 rings (SSSR count). The molecular formula is C14H22FNO2S. The third-order valence-corrected chi connectivity index (χ3v) is 5.67. The van der Waals surface area contributed by atoms with Gasteiger partial charge in [0.25, 0.3) is 0 Å². The van der Waals surface area contributed by atoms with Crippen LogP contribution in [-0.2, 0) is 15.6 Å². The lowest BCUT2D eigenvalue weighted by molar-refractivity contribution is 0.391. The highest BCUT2D eigenvalue weighted by Gasteiger charge is 2.37. The van der Waals surface area contributed by atoms with Crippen LogP contribution in [0.4, 0.5) is 4.39 Å². The second-order valence-corrected chi connectivity index (χ2v) is 8.32. The van der Waals surface area contributed by atoms with Gasteiger partial charge in [0.1, 0.15) is 5.82 Å². The fourth-order valence-corrected chi connectivity index (χ4v) is 2.83. The fourth-order valence-electron chi connectivity index (χ4n) is 1.68. The molecule has 0 saturated heterocycles. The molecule has 5 heteroatoms. The van der Waals surface area contributed by atoms with Crippen LogP contribution in [0.2, 0.25) is 0 Å².